The van der Waals surface area contributed by atoms with Gasteiger partial charge in [0.1, 0.15) is 17.2 Å². The molecule has 0 bridgehead atoms. The minimum absolute atomic E-state index is 0.0131. The van der Waals surface area contributed by atoms with E-state index in [1.807, 2.05) is 0 Å². The van der Waals surface area contributed by atoms with Gasteiger partial charge in [-0.05, 0) is 12.1 Å². The number of halogens is 6. The number of rotatable bonds is 6. The van der Waals surface area contributed by atoms with E-state index in [0.29, 0.717) is 6.07 Å². The number of nitrogens with zero attached hydrogens (tertiary/aromatic N) is 4. The summed E-state index contributed by atoms with van der Waals surface area (Å²) >= 11 is 0. The average Bonchev–Trinajstić information content (AvgIpc) is 3.11. The van der Waals surface area contributed by atoms with Gasteiger partial charge in [0.05, 0.1) is 5.52 Å². The lowest BCUT2D eigenvalue weighted by Crippen LogP contribution is -2.12. The smallest absolute Gasteiger partial charge is 0.387 e. The summed E-state index contributed by atoms with van der Waals surface area (Å²) < 4.78 is 86.5. The molecule has 2 aromatic carbocycles. The molecule has 0 saturated carbocycles. The molecule has 33 heavy (non-hydrogen) atoms. The Morgan fingerprint density at radius 3 is 2.45 bits per heavy atom. The van der Waals surface area contributed by atoms with Gasteiger partial charge < -0.3 is 15.8 Å². The molecule has 172 valence electrons. The van der Waals surface area contributed by atoms with Crippen molar-refractivity contribution in [2.45, 2.75) is 20.0 Å². The number of nitrogen functional groups attached to an aromatic ring is 1. The van der Waals surface area contributed by atoms with Gasteiger partial charge in [0.25, 0.3) is 0 Å². The first-order valence-electron chi connectivity index (χ1n) is 9.39. The van der Waals surface area contributed by atoms with Gasteiger partial charge in [-0.25, -0.2) is 18.2 Å². The lowest BCUT2D eigenvalue weighted by Gasteiger charge is -2.13. The predicted molar refractivity (Wildman–Crippen MR) is 107 cm³/mol. The summed E-state index contributed by atoms with van der Waals surface area (Å²) in [6.07, 6.45) is 0.260. The average molecular weight is 468 g/mol. The van der Waals surface area contributed by atoms with Gasteiger partial charge >= 0.3 is 6.61 Å². The van der Waals surface area contributed by atoms with Crippen LogP contribution in [0.15, 0.2) is 30.3 Å². The fraction of sp³-hybridized carbons (Fsp3) is 0.150. The maximum Gasteiger partial charge on any atom is 0.387 e. The normalized spacial score (nSPS) is 11.4. The number of anilines is 3. The number of hydrogen-bond donors (Lipinski definition) is 2. The van der Waals surface area contributed by atoms with Crippen molar-refractivity contribution in [3.63, 3.8) is 0 Å². The summed E-state index contributed by atoms with van der Waals surface area (Å²) in [4.78, 5) is 12.0. The maximum absolute atomic E-state index is 14.6. The molecule has 0 radical (unpaired) electrons. The molecule has 0 atom stereocenters. The van der Waals surface area contributed by atoms with Gasteiger partial charge in [-0.3, -0.25) is 4.57 Å². The van der Waals surface area contributed by atoms with Gasteiger partial charge in [0, 0.05) is 30.3 Å². The highest BCUT2D eigenvalue weighted by Gasteiger charge is 2.21. The van der Waals surface area contributed by atoms with E-state index in [1.54, 1.807) is 6.92 Å². The van der Waals surface area contributed by atoms with Gasteiger partial charge in [0.15, 0.2) is 29.0 Å². The van der Waals surface area contributed by atoms with Crippen molar-refractivity contribution in [2.24, 2.45) is 0 Å². The van der Waals surface area contributed by atoms with Crippen LogP contribution in [0.25, 0.3) is 17.0 Å². The Morgan fingerprint density at radius 2 is 1.79 bits per heavy atom. The quantitative estimate of drug-likeness (QED) is 0.393. The zero-order valence-electron chi connectivity index (χ0n) is 16.7. The minimum atomic E-state index is -3.23. The lowest BCUT2D eigenvalue weighted by atomic mass is 10.3. The highest BCUT2D eigenvalue weighted by atomic mass is 19.3. The standard InChI is InChI=1S/C20H14F6N6O/c1-2-14-29-16-11(23)5-8(21)6-12(16)32(14)20-30-17(27)15(24)18(31-20)28-9-3-4-13(10(22)7-9)33-19(25)26/h3-7,19H,2H2,1H3,(H3,27,28,30,31). The molecule has 0 spiro atoms. The van der Waals surface area contributed by atoms with Crippen molar-refractivity contribution in [2.75, 3.05) is 11.1 Å². The number of hydrogen-bond acceptors (Lipinski definition) is 6. The molecule has 0 fully saturated rings. The van der Waals surface area contributed by atoms with Crippen molar-refractivity contribution in [1.29, 1.82) is 0 Å². The summed E-state index contributed by atoms with van der Waals surface area (Å²) in [6, 6.07) is 4.52. The third-order valence-electron chi connectivity index (χ3n) is 4.54. The van der Waals surface area contributed by atoms with Crippen LogP contribution in [-0.4, -0.2) is 26.1 Å². The first-order chi connectivity index (χ1) is 15.7. The molecule has 0 aliphatic rings. The van der Waals surface area contributed by atoms with Gasteiger partial charge in [0.2, 0.25) is 11.8 Å². The van der Waals surface area contributed by atoms with E-state index < -0.39 is 47.3 Å². The topological polar surface area (TPSA) is 90.9 Å². The Kier molecular flexibility index (Phi) is 5.70. The van der Waals surface area contributed by atoms with E-state index in [-0.39, 0.29) is 34.9 Å². The molecule has 4 rings (SSSR count). The molecular weight excluding hydrogens is 454 g/mol. The van der Waals surface area contributed by atoms with Crippen molar-refractivity contribution < 1.29 is 31.1 Å². The largest absolute Gasteiger partial charge is 0.432 e. The number of nitrogens with one attached hydrogen (secondary N) is 1. The SMILES string of the molecule is CCc1nc2c(F)cc(F)cc2n1-c1nc(N)c(F)c(Nc2ccc(OC(F)F)c(F)c2)n1. The van der Waals surface area contributed by atoms with Crippen LogP contribution in [0.1, 0.15) is 12.7 Å². The molecule has 2 aromatic heterocycles. The van der Waals surface area contributed by atoms with Crippen molar-refractivity contribution in [3.05, 3.63) is 59.4 Å². The number of alkyl halides is 2. The zero-order valence-corrected chi connectivity index (χ0v) is 16.7. The van der Waals surface area contributed by atoms with Gasteiger partial charge in [-0.15, -0.1) is 0 Å². The molecule has 2 heterocycles. The maximum atomic E-state index is 14.6. The van der Waals surface area contributed by atoms with Crippen molar-refractivity contribution in [1.82, 2.24) is 19.5 Å². The number of imidazole rings is 1. The minimum Gasteiger partial charge on any atom is -0.432 e. The van der Waals surface area contributed by atoms with E-state index in [1.165, 1.54) is 4.57 Å². The van der Waals surface area contributed by atoms with Crippen LogP contribution in [0.4, 0.5) is 43.7 Å². The van der Waals surface area contributed by atoms with Gasteiger partial charge in [-0.2, -0.15) is 23.1 Å². The second-order valence-corrected chi connectivity index (χ2v) is 6.69. The second kappa shape index (κ2) is 8.48. The molecule has 0 aliphatic heterocycles. The fourth-order valence-electron chi connectivity index (χ4n) is 3.15. The van der Waals surface area contributed by atoms with Crippen LogP contribution >= 0.6 is 0 Å². The lowest BCUT2D eigenvalue weighted by molar-refractivity contribution is -0.0521. The Morgan fingerprint density at radius 1 is 1.03 bits per heavy atom. The number of nitrogens with two attached hydrogens (primary N) is 1. The Hall–Kier alpha value is -4.03. The Labute approximate surface area is 181 Å². The summed E-state index contributed by atoms with van der Waals surface area (Å²) in [5, 5.41) is 2.47. The van der Waals surface area contributed by atoms with Crippen LogP contribution in [0.2, 0.25) is 0 Å². The van der Waals surface area contributed by atoms with E-state index in [4.69, 9.17) is 5.73 Å². The summed E-state index contributed by atoms with van der Waals surface area (Å²) in [5.74, 6) is -5.84. The molecular formula is C20H14F6N6O. The van der Waals surface area contributed by atoms with Crippen LogP contribution in [-0.2, 0) is 6.42 Å². The number of aryl methyl sites for hydroxylation is 1. The number of fused-ring (bicyclic) bond motifs is 1. The number of benzene rings is 2. The number of ether oxygens (including phenoxy) is 1. The molecule has 0 amide bonds. The summed E-state index contributed by atoms with van der Waals surface area (Å²) in [6.45, 7) is -1.53. The Bertz CT molecular complexity index is 1360. The molecule has 0 aliphatic carbocycles. The zero-order chi connectivity index (χ0) is 23.9. The van der Waals surface area contributed by atoms with Crippen molar-refractivity contribution in [3.8, 4) is 11.7 Å². The molecule has 3 N–H and O–H groups in total. The summed E-state index contributed by atoms with van der Waals surface area (Å²) in [7, 11) is 0. The highest BCUT2D eigenvalue weighted by Crippen LogP contribution is 2.29. The van der Waals surface area contributed by atoms with Crippen LogP contribution in [0.5, 0.6) is 5.75 Å². The third kappa shape index (κ3) is 4.21. The van der Waals surface area contributed by atoms with Crippen molar-refractivity contribution >= 4 is 28.4 Å². The molecule has 0 unspecified atom stereocenters. The Balaban J connectivity index is 1.80. The monoisotopic (exact) mass is 468 g/mol. The predicted octanol–water partition coefficient (Wildman–Crippen LogP) is 4.86. The van der Waals surface area contributed by atoms with Crippen LogP contribution in [0, 0.1) is 23.3 Å². The number of aromatic nitrogens is 4. The fourth-order valence-corrected chi connectivity index (χ4v) is 3.15. The molecule has 7 nitrogen and oxygen atoms in total. The first-order valence-corrected chi connectivity index (χ1v) is 9.39. The molecule has 13 heteroatoms. The van der Waals surface area contributed by atoms with Crippen LogP contribution in [0.3, 0.4) is 0 Å². The van der Waals surface area contributed by atoms with Gasteiger partial charge in [-0.1, -0.05) is 6.92 Å². The van der Waals surface area contributed by atoms with Crippen LogP contribution < -0.4 is 15.8 Å². The highest BCUT2D eigenvalue weighted by molar-refractivity contribution is 5.78. The summed E-state index contributed by atoms with van der Waals surface area (Å²) in [5.41, 5.74) is 5.43. The second-order valence-electron chi connectivity index (χ2n) is 6.69. The van der Waals surface area contributed by atoms with E-state index in [9.17, 15) is 26.3 Å². The van der Waals surface area contributed by atoms with E-state index in [0.717, 1.165) is 24.3 Å². The molecule has 4 aromatic rings. The van der Waals surface area contributed by atoms with E-state index in [2.05, 4.69) is 25.0 Å². The third-order valence-corrected chi connectivity index (χ3v) is 4.54. The molecule has 0 saturated heterocycles. The first kappa shape index (κ1) is 22.2. The van der Waals surface area contributed by atoms with E-state index >= 15 is 0 Å².